The molecule has 0 aliphatic carbocycles. The first-order valence-corrected chi connectivity index (χ1v) is 4.54. The molecule has 1 aromatic heterocycles. The number of primary amides is 1. The lowest BCUT2D eigenvalue weighted by molar-refractivity contribution is 0.243. The zero-order valence-corrected chi connectivity index (χ0v) is 9.26. The van der Waals surface area contributed by atoms with Crippen molar-refractivity contribution in [2.75, 3.05) is 12.5 Å². The van der Waals surface area contributed by atoms with Gasteiger partial charge in [-0.15, -0.1) is 5.10 Å². The van der Waals surface area contributed by atoms with Crippen LogP contribution in [0.4, 0.5) is 9.59 Å². The summed E-state index contributed by atoms with van der Waals surface area (Å²) in [6, 6.07) is -1.22. The summed E-state index contributed by atoms with van der Waals surface area (Å²) in [5.41, 5.74) is 10.1. The van der Waals surface area contributed by atoms with Gasteiger partial charge in [0.15, 0.2) is 0 Å². The van der Waals surface area contributed by atoms with Gasteiger partial charge in [0.05, 0.1) is 11.9 Å². The van der Waals surface area contributed by atoms with Crippen LogP contribution in [0.1, 0.15) is 12.6 Å². The molecule has 4 amide bonds. The highest BCUT2D eigenvalue weighted by Crippen LogP contribution is 1.93. The minimum atomic E-state index is -0.764. The zero-order chi connectivity index (χ0) is 12.8. The van der Waals surface area contributed by atoms with E-state index in [1.54, 1.807) is 6.92 Å². The number of nitrogens with one attached hydrogen (secondary N) is 3. The second-order valence-corrected chi connectivity index (χ2v) is 2.91. The number of hydrogen-bond donors (Lipinski definition) is 4. The van der Waals surface area contributed by atoms with Crippen LogP contribution in [0.2, 0.25) is 0 Å². The zero-order valence-electron chi connectivity index (χ0n) is 9.26. The molecule has 10 nitrogen and oxygen atoms in total. The Morgan fingerprint density at radius 2 is 2.24 bits per heavy atom. The van der Waals surface area contributed by atoms with Crippen molar-refractivity contribution in [2.45, 2.75) is 6.92 Å². The Kier molecular flexibility index (Phi) is 3.97. The van der Waals surface area contributed by atoms with Crippen molar-refractivity contribution in [3.63, 3.8) is 0 Å². The maximum Gasteiger partial charge on any atom is 0.334 e. The molecule has 17 heavy (non-hydrogen) atoms. The molecule has 0 spiro atoms. The lowest BCUT2D eigenvalue weighted by Crippen LogP contribution is -2.29. The van der Waals surface area contributed by atoms with E-state index >= 15 is 0 Å². The average Bonchev–Trinajstić information content (AvgIpc) is 2.72. The van der Waals surface area contributed by atoms with Gasteiger partial charge in [0.25, 0.3) is 0 Å². The number of aromatic nitrogens is 3. The third-order valence-corrected chi connectivity index (χ3v) is 1.64. The standard InChI is InChI=1S/C7H12N8O2/c1-4(10-12-7(17)9-2)5-3-15(14-11-5)13-6(8)16/h3H,1-2H3,(H3,8,13,16)(H2,9,12,17)/b10-4+. The fraction of sp³-hybridized carbons (Fsp3) is 0.286. The molecule has 0 bridgehead atoms. The number of urea groups is 2. The van der Waals surface area contributed by atoms with Crippen LogP contribution in [-0.4, -0.2) is 39.9 Å². The maximum atomic E-state index is 10.9. The number of hydrogen-bond acceptors (Lipinski definition) is 5. The van der Waals surface area contributed by atoms with Gasteiger partial charge < -0.3 is 11.1 Å². The van der Waals surface area contributed by atoms with Gasteiger partial charge in [0, 0.05) is 7.05 Å². The fourth-order valence-corrected chi connectivity index (χ4v) is 0.845. The van der Waals surface area contributed by atoms with Crippen molar-refractivity contribution in [3.05, 3.63) is 11.9 Å². The van der Waals surface area contributed by atoms with Crippen LogP contribution in [-0.2, 0) is 0 Å². The second-order valence-electron chi connectivity index (χ2n) is 2.91. The minimum absolute atomic E-state index is 0.384. The van der Waals surface area contributed by atoms with Gasteiger partial charge in [-0.2, -0.15) is 9.89 Å². The van der Waals surface area contributed by atoms with Gasteiger partial charge in [-0.3, -0.25) is 0 Å². The van der Waals surface area contributed by atoms with E-state index in [0.717, 1.165) is 4.79 Å². The lowest BCUT2D eigenvalue weighted by Gasteiger charge is -1.98. The number of nitrogens with zero attached hydrogens (tertiary/aromatic N) is 4. The van der Waals surface area contributed by atoms with Crippen LogP contribution in [0.15, 0.2) is 11.3 Å². The maximum absolute atomic E-state index is 10.9. The average molecular weight is 240 g/mol. The molecule has 0 aromatic carbocycles. The molecule has 1 rings (SSSR count). The predicted molar refractivity (Wildman–Crippen MR) is 58.8 cm³/mol. The number of carbonyl (C=O) groups excluding carboxylic acids is 2. The van der Waals surface area contributed by atoms with Crippen LogP contribution < -0.4 is 21.9 Å². The number of carbonyl (C=O) groups is 2. The number of hydrazone groups is 1. The Morgan fingerprint density at radius 3 is 2.82 bits per heavy atom. The van der Waals surface area contributed by atoms with E-state index in [4.69, 9.17) is 5.73 Å². The second kappa shape index (κ2) is 5.44. The summed E-state index contributed by atoms with van der Waals surface area (Å²) >= 11 is 0. The fourth-order valence-electron chi connectivity index (χ4n) is 0.845. The Hall–Kier alpha value is -2.65. The van der Waals surface area contributed by atoms with Gasteiger partial charge in [-0.25, -0.2) is 20.4 Å². The van der Waals surface area contributed by atoms with Crippen molar-refractivity contribution in [2.24, 2.45) is 10.8 Å². The highest BCUT2D eigenvalue weighted by Gasteiger charge is 2.05. The summed E-state index contributed by atoms with van der Waals surface area (Å²) in [7, 11) is 1.47. The summed E-state index contributed by atoms with van der Waals surface area (Å²) in [6.45, 7) is 1.62. The smallest absolute Gasteiger partial charge is 0.334 e. The molecule has 0 aliphatic rings. The van der Waals surface area contributed by atoms with Gasteiger partial charge in [0.2, 0.25) is 0 Å². The first kappa shape index (κ1) is 12.4. The van der Waals surface area contributed by atoms with Crippen LogP contribution >= 0.6 is 0 Å². The Balaban J connectivity index is 2.69. The van der Waals surface area contributed by atoms with E-state index in [1.165, 1.54) is 13.2 Å². The third kappa shape index (κ3) is 3.77. The molecule has 0 unspecified atom stereocenters. The van der Waals surface area contributed by atoms with E-state index in [2.05, 4.69) is 31.6 Å². The van der Waals surface area contributed by atoms with Crippen LogP contribution in [0, 0.1) is 0 Å². The summed E-state index contributed by atoms with van der Waals surface area (Å²) in [5.74, 6) is 0. The molecule has 0 saturated carbocycles. The molecule has 10 heteroatoms. The van der Waals surface area contributed by atoms with E-state index in [-0.39, 0.29) is 0 Å². The van der Waals surface area contributed by atoms with Crippen molar-refractivity contribution in [1.29, 1.82) is 0 Å². The molecule has 0 aliphatic heterocycles. The lowest BCUT2D eigenvalue weighted by atomic mass is 10.3. The summed E-state index contributed by atoms with van der Waals surface area (Å²) in [5, 5.41) is 13.4. The molecular weight excluding hydrogens is 228 g/mol. The molecule has 92 valence electrons. The Labute approximate surface area is 96.2 Å². The van der Waals surface area contributed by atoms with Crippen LogP contribution in [0.3, 0.4) is 0 Å². The molecule has 0 radical (unpaired) electrons. The highest BCUT2D eigenvalue weighted by molar-refractivity contribution is 5.97. The predicted octanol–water partition coefficient (Wildman–Crippen LogP) is -1.45. The third-order valence-electron chi connectivity index (χ3n) is 1.64. The monoisotopic (exact) mass is 240 g/mol. The van der Waals surface area contributed by atoms with Gasteiger partial charge in [-0.1, -0.05) is 0 Å². The van der Waals surface area contributed by atoms with Crippen LogP contribution in [0.5, 0.6) is 0 Å². The van der Waals surface area contributed by atoms with E-state index in [0.29, 0.717) is 11.4 Å². The van der Waals surface area contributed by atoms with Gasteiger partial charge >= 0.3 is 12.1 Å². The number of nitrogens with two attached hydrogens (primary N) is 1. The highest BCUT2D eigenvalue weighted by atomic mass is 16.2. The largest absolute Gasteiger partial charge is 0.350 e. The van der Waals surface area contributed by atoms with Crippen molar-refractivity contribution in [1.82, 2.24) is 25.8 Å². The summed E-state index contributed by atoms with van der Waals surface area (Å²) in [6.07, 6.45) is 1.40. The summed E-state index contributed by atoms with van der Waals surface area (Å²) in [4.78, 5) is 22.4. The summed E-state index contributed by atoms with van der Waals surface area (Å²) < 4.78 is 0. The normalized spacial score (nSPS) is 10.8. The molecule has 0 fully saturated rings. The minimum Gasteiger partial charge on any atom is -0.350 e. The molecule has 0 saturated heterocycles. The molecule has 1 heterocycles. The SMILES string of the molecule is CNC(=O)N/N=C(\C)c1cn(NC(N)=O)nn1. The number of amides is 4. The quantitative estimate of drug-likeness (QED) is 0.379. The van der Waals surface area contributed by atoms with Gasteiger partial charge in [-0.05, 0) is 12.1 Å². The van der Waals surface area contributed by atoms with Gasteiger partial charge in [0.1, 0.15) is 5.69 Å². The van der Waals surface area contributed by atoms with E-state index < -0.39 is 12.1 Å². The number of rotatable bonds is 3. The Morgan fingerprint density at radius 1 is 1.53 bits per heavy atom. The van der Waals surface area contributed by atoms with Crippen molar-refractivity contribution < 1.29 is 9.59 Å². The van der Waals surface area contributed by atoms with Crippen LogP contribution in [0.25, 0.3) is 0 Å². The molecule has 0 atom stereocenters. The van der Waals surface area contributed by atoms with E-state index in [9.17, 15) is 9.59 Å². The molecule has 1 aromatic rings. The first-order valence-electron chi connectivity index (χ1n) is 4.54. The Bertz CT molecular complexity index is 450. The van der Waals surface area contributed by atoms with E-state index in [1.807, 2.05) is 0 Å². The topological polar surface area (TPSA) is 139 Å². The first-order chi connectivity index (χ1) is 8.02. The molecule has 5 N–H and O–H groups in total. The van der Waals surface area contributed by atoms with Crippen molar-refractivity contribution >= 4 is 17.8 Å². The molecular formula is C7H12N8O2. The van der Waals surface area contributed by atoms with Crippen molar-refractivity contribution in [3.8, 4) is 0 Å².